The highest BCUT2D eigenvalue weighted by Gasteiger charge is 2.30. The smallest absolute Gasteiger partial charge is 0.243 e. The molecule has 0 amide bonds. The van der Waals surface area contributed by atoms with Crippen LogP contribution in [0.4, 0.5) is 0 Å². The monoisotopic (exact) mass is 286 g/mol. The molecule has 0 radical (unpaired) electrons. The Kier molecular flexibility index (Phi) is 4.32. The summed E-state index contributed by atoms with van der Waals surface area (Å²) in [4.78, 5) is 1.36. The van der Waals surface area contributed by atoms with Gasteiger partial charge in [0.1, 0.15) is 0 Å². The number of hydrogen-bond acceptors (Lipinski definition) is 4. The van der Waals surface area contributed by atoms with Gasteiger partial charge in [0.2, 0.25) is 10.0 Å². The highest BCUT2D eigenvalue weighted by molar-refractivity contribution is 7.98. The maximum absolute atomic E-state index is 12.6. The van der Waals surface area contributed by atoms with E-state index in [0.29, 0.717) is 24.5 Å². The van der Waals surface area contributed by atoms with E-state index in [0.717, 1.165) is 4.90 Å². The first-order chi connectivity index (χ1) is 8.55. The van der Waals surface area contributed by atoms with E-state index in [4.69, 9.17) is 0 Å². The molecule has 1 aromatic carbocycles. The Balaban J connectivity index is 2.34. The molecule has 0 spiro atoms. The van der Waals surface area contributed by atoms with E-state index in [1.165, 1.54) is 0 Å². The van der Waals surface area contributed by atoms with Gasteiger partial charge in [-0.05, 0) is 31.4 Å². The van der Waals surface area contributed by atoms with Crippen LogP contribution in [0.15, 0.2) is 34.1 Å². The highest BCUT2D eigenvalue weighted by Crippen LogP contribution is 2.23. The topological polar surface area (TPSA) is 49.4 Å². The van der Waals surface area contributed by atoms with Gasteiger partial charge in [0.05, 0.1) is 4.90 Å². The summed E-state index contributed by atoms with van der Waals surface area (Å²) in [6.45, 7) is 3.89. The summed E-state index contributed by atoms with van der Waals surface area (Å²) in [6.07, 6.45) is 1.94. The second-order valence-electron chi connectivity index (χ2n) is 4.35. The van der Waals surface area contributed by atoms with Gasteiger partial charge in [-0.2, -0.15) is 4.31 Å². The minimum absolute atomic E-state index is 0.00156. The van der Waals surface area contributed by atoms with Gasteiger partial charge >= 0.3 is 0 Å². The number of thioether (sulfide) groups is 1. The maximum atomic E-state index is 12.6. The molecule has 0 bridgehead atoms. The van der Waals surface area contributed by atoms with Crippen molar-refractivity contribution < 1.29 is 8.42 Å². The first-order valence-electron chi connectivity index (χ1n) is 5.92. The lowest BCUT2D eigenvalue weighted by Gasteiger charge is -2.32. The third kappa shape index (κ3) is 2.71. The first kappa shape index (κ1) is 13.9. The largest absolute Gasteiger partial charge is 0.314 e. The number of nitrogens with zero attached hydrogens (tertiary/aromatic N) is 1. The molecule has 1 fully saturated rings. The van der Waals surface area contributed by atoms with Crippen molar-refractivity contribution in [2.45, 2.75) is 22.8 Å². The molecule has 1 atom stereocenters. The molecule has 1 saturated heterocycles. The normalized spacial score (nSPS) is 22.0. The second kappa shape index (κ2) is 5.61. The standard InChI is InChI=1S/C12H18N2O2S2/c1-10-9-13-6-7-14(10)18(15,16)12-5-3-4-11(8-12)17-2/h3-5,8,10,13H,6-7,9H2,1-2H3/t10-/m0/s1. The zero-order valence-electron chi connectivity index (χ0n) is 10.6. The van der Waals surface area contributed by atoms with Gasteiger partial charge in [-0.15, -0.1) is 11.8 Å². The van der Waals surface area contributed by atoms with Gasteiger partial charge in [0.25, 0.3) is 0 Å². The van der Waals surface area contributed by atoms with Crippen LogP contribution in [0, 0.1) is 0 Å². The van der Waals surface area contributed by atoms with Crippen molar-refractivity contribution in [2.75, 3.05) is 25.9 Å². The van der Waals surface area contributed by atoms with Crippen molar-refractivity contribution in [3.63, 3.8) is 0 Å². The maximum Gasteiger partial charge on any atom is 0.243 e. The summed E-state index contributed by atoms with van der Waals surface area (Å²) in [5.74, 6) is 0. The van der Waals surface area contributed by atoms with Gasteiger partial charge in [-0.1, -0.05) is 6.07 Å². The van der Waals surface area contributed by atoms with Crippen LogP contribution in [-0.2, 0) is 10.0 Å². The molecule has 1 aliphatic rings. The third-order valence-corrected chi connectivity index (χ3v) is 5.82. The number of hydrogen-bond donors (Lipinski definition) is 1. The molecule has 1 N–H and O–H groups in total. The zero-order valence-corrected chi connectivity index (χ0v) is 12.2. The van der Waals surface area contributed by atoms with E-state index >= 15 is 0 Å². The fourth-order valence-electron chi connectivity index (χ4n) is 2.08. The third-order valence-electron chi connectivity index (χ3n) is 3.09. The van der Waals surface area contributed by atoms with E-state index < -0.39 is 10.0 Å². The molecule has 4 nitrogen and oxygen atoms in total. The molecule has 1 heterocycles. The summed E-state index contributed by atoms with van der Waals surface area (Å²) in [7, 11) is -3.36. The molecule has 1 aromatic rings. The molecule has 0 aromatic heterocycles. The van der Waals surface area contributed by atoms with E-state index in [1.807, 2.05) is 19.2 Å². The van der Waals surface area contributed by atoms with Crippen molar-refractivity contribution in [2.24, 2.45) is 0 Å². The molecule has 0 unspecified atom stereocenters. The van der Waals surface area contributed by atoms with Crippen LogP contribution in [0.5, 0.6) is 0 Å². The quantitative estimate of drug-likeness (QED) is 0.853. The summed E-state index contributed by atoms with van der Waals surface area (Å²) in [5, 5.41) is 3.20. The van der Waals surface area contributed by atoms with Crippen LogP contribution in [-0.4, -0.2) is 44.7 Å². The predicted molar refractivity (Wildman–Crippen MR) is 74.4 cm³/mol. The number of piperazine rings is 1. The van der Waals surface area contributed by atoms with Gasteiger partial charge < -0.3 is 5.32 Å². The predicted octanol–water partition coefficient (Wildman–Crippen LogP) is 1.39. The van der Waals surface area contributed by atoms with Crippen molar-refractivity contribution in [1.82, 2.24) is 9.62 Å². The number of nitrogens with one attached hydrogen (secondary N) is 1. The molecular formula is C12H18N2O2S2. The minimum Gasteiger partial charge on any atom is -0.314 e. The van der Waals surface area contributed by atoms with E-state index in [-0.39, 0.29) is 6.04 Å². The lowest BCUT2D eigenvalue weighted by atomic mass is 10.3. The molecule has 2 rings (SSSR count). The number of rotatable bonds is 3. The van der Waals surface area contributed by atoms with Crippen LogP contribution in [0.25, 0.3) is 0 Å². The first-order valence-corrected chi connectivity index (χ1v) is 8.59. The molecule has 100 valence electrons. The average Bonchev–Trinajstić information content (AvgIpc) is 2.39. The van der Waals surface area contributed by atoms with Crippen LogP contribution in [0.1, 0.15) is 6.92 Å². The molecule has 6 heteroatoms. The Bertz CT molecular complexity index is 517. The summed E-state index contributed by atoms with van der Waals surface area (Å²) in [6, 6.07) is 7.14. The summed E-state index contributed by atoms with van der Waals surface area (Å²) >= 11 is 1.55. The SMILES string of the molecule is CSc1cccc(S(=O)(=O)N2CCNC[C@@H]2C)c1. The molecular weight excluding hydrogens is 268 g/mol. The minimum atomic E-state index is -3.36. The fraction of sp³-hybridized carbons (Fsp3) is 0.500. The molecule has 1 aliphatic heterocycles. The average molecular weight is 286 g/mol. The summed E-state index contributed by atoms with van der Waals surface area (Å²) < 4.78 is 26.7. The van der Waals surface area contributed by atoms with Crippen LogP contribution in [0.2, 0.25) is 0 Å². The molecule has 0 aliphatic carbocycles. The fourth-order valence-corrected chi connectivity index (χ4v) is 4.29. The lowest BCUT2D eigenvalue weighted by molar-refractivity contribution is 0.284. The van der Waals surface area contributed by atoms with Crippen molar-refractivity contribution in [1.29, 1.82) is 0 Å². The van der Waals surface area contributed by atoms with E-state index in [1.54, 1.807) is 34.3 Å². The van der Waals surface area contributed by atoms with Crippen molar-refractivity contribution >= 4 is 21.8 Å². The van der Waals surface area contributed by atoms with E-state index in [2.05, 4.69) is 5.32 Å². The molecule has 18 heavy (non-hydrogen) atoms. The van der Waals surface area contributed by atoms with Crippen LogP contribution >= 0.6 is 11.8 Å². The highest BCUT2D eigenvalue weighted by atomic mass is 32.2. The van der Waals surface area contributed by atoms with Crippen LogP contribution in [0.3, 0.4) is 0 Å². The van der Waals surface area contributed by atoms with Crippen molar-refractivity contribution in [3.05, 3.63) is 24.3 Å². The van der Waals surface area contributed by atoms with Crippen molar-refractivity contribution in [3.8, 4) is 0 Å². The van der Waals surface area contributed by atoms with Gasteiger partial charge in [-0.3, -0.25) is 0 Å². The summed E-state index contributed by atoms with van der Waals surface area (Å²) in [5.41, 5.74) is 0. The number of sulfonamides is 1. The second-order valence-corrected chi connectivity index (χ2v) is 7.12. The van der Waals surface area contributed by atoms with Crippen LogP contribution < -0.4 is 5.32 Å². The molecule has 0 saturated carbocycles. The lowest BCUT2D eigenvalue weighted by Crippen LogP contribution is -2.52. The van der Waals surface area contributed by atoms with Gasteiger partial charge in [0, 0.05) is 30.6 Å². The van der Waals surface area contributed by atoms with E-state index in [9.17, 15) is 8.42 Å². The Labute approximate surface area is 113 Å². The van der Waals surface area contributed by atoms with Gasteiger partial charge in [-0.25, -0.2) is 8.42 Å². The zero-order chi connectivity index (χ0) is 13.2. The number of benzene rings is 1. The Morgan fingerprint density at radius 2 is 2.22 bits per heavy atom. The van der Waals surface area contributed by atoms with Gasteiger partial charge in [0.15, 0.2) is 0 Å². The Hall–Kier alpha value is -0.560. The Morgan fingerprint density at radius 3 is 2.89 bits per heavy atom. The Morgan fingerprint density at radius 1 is 1.44 bits per heavy atom.